The molecule has 0 aliphatic heterocycles. The molecule has 0 amide bonds. The lowest BCUT2D eigenvalue weighted by molar-refractivity contribution is 0.119. The molecule has 2 rings (SSSR count). The quantitative estimate of drug-likeness (QED) is 0.801. The van der Waals surface area contributed by atoms with Crippen molar-refractivity contribution in [1.29, 1.82) is 0 Å². The second-order valence-electron chi connectivity index (χ2n) is 4.90. The molecule has 2 atom stereocenters. The monoisotopic (exact) mass is 250 g/mol. The van der Waals surface area contributed by atoms with Crippen LogP contribution in [0.5, 0.6) is 5.88 Å². The molecule has 0 aromatic carbocycles. The number of nitrogens with one attached hydrogen (secondary N) is 1. The van der Waals surface area contributed by atoms with Gasteiger partial charge in [0.15, 0.2) is 0 Å². The van der Waals surface area contributed by atoms with Gasteiger partial charge in [0, 0.05) is 24.8 Å². The Balaban J connectivity index is 1.89. The Bertz CT molecular complexity index is 371. The molecular formula is C14H22N2O2. The van der Waals surface area contributed by atoms with Crippen molar-refractivity contribution in [2.75, 3.05) is 7.11 Å². The molecule has 1 heterocycles. The van der Waals surface area contributed by atoms with Gasteiger partial charge in [-0.2, -0.15) is 0 Å². The van der Waals surface area contributed by atoms with Crippen LogP contribution >= 0.6 is 0 Å². The maximum atomic E-state index is 10.0. The second-order valence-corrected chi connectivity index (χ2v) is 4.90. The van der Waals surface area contributed by atoms with Gasteiger partial charge in [-0.3, -0.25) is 0 Å². The highest BCUT2D eigenvalue weighted by Crippen LogP contribution is 2.18. The first-order valence-electron chi connectivity index (χ1n) is 6.70. The molecule has 2 unspecified atom stereocenters. The standard InChI is InChI=1S/C14H22N2O2/c1-18-14-9-11(7-8-15-14)10-16-12-5-3-2-4-6-13(12)17/h7-9,12-13,16-17H,2-6,10H2,1H3. The van der Waals surface area contributed by atoms with Gasteiger partial charge in [0.2, 0.25) is 5.88 Å². The van der Waals surface area contributed by atoms with Crippen LogP contribution in [0.25, 0.3) is 0 Å². The van der Waals surface area contributed by atoms with Gasteiger partial charge in [0.05, 0.1) is 13.2 Å². The van der Waals surface area contributed by atoms with E-state index in [1.165, 1.54) is 12.8 Å². The molecule has 1 saturated carbocycles. The summed E-state index contributed by atoms with van der Waals surface area (Å²) in [5, 5.41) is 13.5. The van der Waals surface area contributed by atoms with Gasteiger partial charge >= 0.3 is 0 Å². The van der Waals surface area contributed by atoms with Crippen LogP contribution in [0.4, 0.5) is 0 Å². The molecule has 1 aromatic rings. The maximum Gasteiger partial charge on any atom is 0.213 e. The Morgan fingerprint density at radius 3 is 3.06 bits per heavy atom. The molecule has 1 fully saturated rings. The summed E-state index contributed by atoms with van der Waals surface area (Å²) in [7, 11) is 1.62. The fourth-order valence-corrected chi connectivity index (χ4v) is 2.45. The van der Waals surface area contributed by atoms with Crippen LogP contribution in [0.15, 0.2) is 18.3 Å². The summed E-state index contributed by atoms with van der Waals surface area (Å²) in [4.78, 5) is 4.08. The summed E-state index contributed by atoms with van der Waals surface area (Å²) < 4.78 is 5.10. The van der Waals surface area contributed by atoms with Crippen molar-refractivity contribution in [1.82, 2.24) is 10.3 Å². The zero-order chi connectivity index (χ0) is 12.8. The van der Waals surface area contributed by atoms with Gasteiger partial charge in [-0.25, -0.2) is 4.98 Å². The van der Waals surface area contributed by atoms with Crippen molar-refractivity contribution in [2.45, 2.75) is 50.8 Å². The molecule has 0 spiro atoms. The Morgan fingerprint density at radius 2 is 2.22 bits per heavy atom. The molecule has 2 N–H and O–H groups in total. The van der Waals surface area contributed by atoms with Crippen LogP contribution in [0.2, 0.25) is 0 Å². The zero-order valence-electron chi connectivity index (χ0n) is 10.9. The summed E-state index contributed by atoms with van der Waals surface area (Å²) in [5.74, 6) is 0.635. The molecule has 1 aromatic heterocycles. The smallest absolute Gasteiger partial charge is 0.213 e. The van der Waals surface area contributed by atoms with Crippen LogP contribution in [-0.4, -0.2) is 29.3 Å². The number of hydrogen-bond donors (Lipinski definition) is 2. The number of pyridine rings is 1. The highest BCUT2D eigenvalue weighted by molar-refractivity contribution is 5.20. The van der Waals surface area contributed by atoms with Crippen LogP contribution in [0.1, 0.15) is 37.7 Å². The average Bonchev–Trinajstić information content (AvgIpc) is 2.61. The van der Waals surface area contributed by atoms with E-state index < -0.39 is 0 Å². The van der Waals surface area contributed by atoms with Gasteiger partial charge in [-0.15, -0.1) is 0 Å². The van der Waals surface area contributed by atoms with Crippen molar-refractivity contribution in [3.63, 3.8) is 0 Å². The summed E-state index contributed by atoms with van der Waals surface area (Å²) in [6.45, 7) is 0.751. The molecule has 4 heteroatoms. The molecule has 1 aliphatic rings. The molecule has 100 valence electrons. The van der Waals surface area contributed by atoms with Crippen molar-refractivity contribution in [3.8, 4) is 5.88 Å². The summed E-state index contributed by atoms with van der Waals surface area (Å²) >= 11 is 0. The van der Waals surface area contributed by atoms with Crippen LogP contribution < -0.4 is 10.1 Å². The Hall–Kier alpha value is -1.13. The SMILES string of the molecule is COc1cc(CNC2CCCCCC2O)ccn1. The summed E-state index contributed by atoms with van der Waals surface area (Å²) in [6, 6.07) is 4.11. The molecule has 0 saturated heterocycles. The lowest BCUT2D eigenvalue weighted by Gasteiger charge is -2.21. The van der Waals surface area contributed by atoms with E-state index in [-0.39, 0.29) is 12.1 Å². The number of aliphatic hydroxyl groups is 1. The van der Waals surface area contributed by atoms with Crippen LogP contribution in [-0.2, 0) is 6.54 Å². The molecule has 0 bridgehead atoms. The third kappa shape index (κ3) is 3.68. The number of aliphatic hydroxyl groups excluding tert-OH is 1. The van der Waals surface area contributed by atoms with Gasteiger partial charge in [-0.1, -0.05) is 19.3 Å². The first kappa shape index (κ1) is 13.3. The van der Waals surface area contributed by atoms with Gasteiger partial charge in [0.1, 0.15) is 0 Å². The van der Waals surface area contributed by atoms with Crippen LogP contribution in [0, 0.1) is 0 Å². The van der Waals surface area contributed by atoms with Crippen LogP contribution in [0.3, 0.4) is 0 Å². The Labute approximate surface area is 108 Å². The average molecular weight is 250 g/mol. The zero-order valence-corrected chi connectivity index (χ0v) is 10.9. The number of aromatic nitrogens is 1. The van der Waals surface area contributed by atoms with Gasteiger partial charge < -0.3 is 15.2 Å². The highest BCUT2D eigenvalue weighted by atomic mass is 16.5. The van der Waals surface area contributed by atoms with E-state index in [4.69, 9.17) is 4.74 Å². The molecule has 4 nitrogen and oxygen atoms in total. The molecule has 0 radical (unpaired) electrons. The third-order valence-corrected chi connectivity index (χ3v) is 3.56. The predicted octanol–water partition coefficient (Wildman–Crippen LogP) is 1.87. The van der Waals surface area contributed by atoms with E-state index in [2.05, 4.69) is 10.3 Å². The Kier molecular flexibility index (Phi) is 4.96. The third-order valence-electron chi connectivity index (χ3n) is 3.56. The van der Waals surface area contributed by atoms with Crippen molar-refractivity contribution >= 4 is 0 Å². The number of hydrogen-bond acceptors (Lipinski definition) is 4. The minimum atomic E-state index is -0.212. The van der Waals surface area contributed by atoms with E-state index >= 15 is 0 Å². The van der Waals surface area contributed by atoms with E-state index in [1.54, 1.807) is 13.3 Å². The van der Waals surface area contributed by atoms with Gasteiger partial charge in [-0.05, 0) is 24.5 Å². The number of nitrogens with zero attached hydrogens (tertiary/aromatic N) is 1. The summed E-state index contributed by atoms with van der Waals surface area (Å²) in [5.41, 5.74) is 1.14. The van der Waals surface area contributed by atoms with E-state index in [0.29, 0.717) is 5.88 Å². The minimum Gasteiger partial charge on any atom is -0.481 e. The first-order chi connectivity index (χ1) is 8.79. The maximum absolute atomic E-state index is 10.0. The minimum absolute atomic E-state index is 0.212. The largest absolute Gasteiger partial charge is 0.481 e. The lowest BCUT2D eigenvalue weighted by atomic mass is 10.1. The Morgan fingerprint density at radius 1 is 1.39 bits per heavy atom. The lowest BCUT2D eigenvalue weighted by Crippen LogP contribution is -2.38. The normalized spacial score (nSPS) is 24.6. The van der Waals surface area contributed by atoms with E-state index in [0.717, 1.165) is 31.4 Å². The number of rotatable bonds is 4. The fourth-order valence-electron chi connectivity index (χ4n) is 2.45. The topological polar surface area (TPSA) is 54.4 Å². The van der Waals surface area contributed by atoms with Crippen molar-refractivity contribution in [3.05, 3.63) is 23.9 Å². The molecular weight excluding hydrogens is 228 g/mol. The van der Waals surface area contributed by atoms with Gasteiger partial charge in [0.25, 0.3) is 0 Å². The van der Waals surface area contributed by atoms with Crippen molar-refractivity contribution < 1.29 is 9.84 Å². The fraction of sp³-hybridized carbons (Fsp3) is 0.643. The summed E-state index contributed by atoms with van der Waals surface area (Å²) in [6.07, 6.45) is 7.09. The number of methoxy groups -OCH3 is 1. The number of ether oxygens (including phenoxy) is 1. The highest BCUT2D eigenvalue weighted by Gasteiger charge is 2.20. The predicted molar refractivity (Wildman–Crippen MR) is 70.5 cm³/mol. The van der Waals surface area contributed by atoms with E-state index in [9.17, 15) is 5.11 Å². The van der Waals surface area contributed by atoms with Crippen molar-refractivity contribution in [2.24, 2.45) is 0 Å². The first-order valence-corrected chi connectivity index (χ1v) is 6.70. The second kappa shape index (κ2) is 6.71. The van der Waals surface area contributed by atoms with E-state index in [1.807, 2.05) is 12.1 Å². The molecule has 1 aliphatic carbocycles. The molecule has 18 heavy (non-hydrogen) atoms.